The minimum atomic E-state index is 0.0692. The number of fused-ring (bicyclic) bond motifs is 1. The molecule has 1 aromatic heterocycles. The van der Waals surface area contributed by atoms with Crippen molar-refractivity contribution in [2.24, 2.45) is 0 Å². The Labute approximate surface area is 124 Å². The molecular weight excluding hydrogens is 264 g/mol. The van der Waals surface area contributed by atoms with Gasteiger partial charge >= 0.3 is 0 Å². The summed E-state index contributed by atoms with van der Waals surface area (Å²) in [5, 5.41) is 0.742. The second kappa shape index (κ2) is 5.58. The highest BCUT2D eigenvalue weighted by molar-refractivity contribution is 5.80. The summed E-state index contributed by atoms with van der Waals surface area (Å²) in [5.41, 5.74) is 1.85. The van der Waals surface area contributed by atoms with Crippen LogP contribution in [0.1, 0.15) is 5.56 Å². The fourth-order valence-corrected chi connectivity index (χ4v) is 3.02. The van der Waals surface area contributed by atoms with E-state index < -0.39 is 0 Å². The van der Waals surface area contributed by atoms with Crippen LogP contribution in [0.15, 0.2) is 29.3 Å². The van der Waals surface area contributed by atoms with Crippen molar-refractivity contribution in [1.82, 2.24) is 19.4 Å². The van der Waals surface area contributed by atoms with Gasteiger partial charge in [-0.15, -0.1) is 0 Å². The van der Waals surface area contributed by atoms with Crippen LogP contribution in [-0.2, 0) is 6.54 Å². The molecular formula is C16H22N4O. The second-order valence-corrected chi connectivity index (χ2v) is 6.07. The fourth-order valence-electron chi connectivity index (χ4n) is 3.02. The summed E-state index contributed by atoms with van der Waals surface area (Å²) in [6, 6.07) is 6.16. The first-order valence-electron chi connectivity index (χ1n) is 7.40. The normalized spacial score (nSPS) is 21.0. The smallest absolute Gasteiger partial charge is 0.261 e. The maximum atomic E-state index is 12.7. The first kappa shape index (κ1) is 14.2. The zero-order valence-electron chi connectivity index (χ0n) is 12.9. The second-order valence-electron chi connectivity index (χ2n) is 6.07. The van der Waals surface area contributed by atoms with Gasteiger partial charge in [-0.2, -0.15) is 0 Å². The Morgan fingerprint density at radius 1 is 1.29 bits per heavy atom. The third-order valence-electron chi connectivity index (χ3n) is 4.45. The Morgan fingerprint density at radius 2 is 2.10 bits per heavy atom. The van der Waals surface area contributed by atoms with Crippen molar-refractivity contribution in [2.75, 3.05) is 33.7 Å². The van der Waals surface area contributed by atoms with Gasteiger partial charge in [-0.3, -0.25) is 14.3 Å². The van der Waals surface area contributed by atoms with E-state index in [1.807, 2.05) is 25.1 Å². The molecule has 1 atom stereocenters. The maximum absolute atomic E-state index is 12.7. The van der Waals surface area contributed by atoms with Gasteiger partial charge in [-0.05, 0) is 32.6 Å². The largest absolute Gasteiger partial charge is 0.303 e. The summed E-state index contributed by atoms with van der Waals surface area (Å²) < 4.78 is 1.76. The Hall–Kier alpha value is -1.72. The molecule has 1 aliphatic heterocycles. The topological polar surface area (TPSA) is 41.4 Å². The Kier molecular flexibility index (Phi) is 3.78. The third kappa shape index (κ3) is 2.71. The van der Waals surface area contributed by atoms with Gasteiger partial charge in [-0.1, -0.05) is 12.1 Å². The van der Waals surface area contributed by atoms with Crippen molar-refractivity contribution in [2.45, 2.75) is 19.5 Å². The number of aryl methyl sites for hydroxylation is 1. The lowest BCUT2D eigenvalue weighted by Gasteiger charge is -2.37. The molecule has 3 rings (SSSR count). The van der Waals surface area contributed by atoms with E-state index in [0.717, 1.165) is 36.1 Å². The van der Waals surface area contributed by atoms with E-state index in [2.05, 4.69) is 28.9 Å². The van der Waals surface area contributed by atoms with Gasteiger partial charge in [0, 0.05) is 32.2 Å². The number of nitrogens with zero attached hydrogens (tertiary/aromatic N) is 4. The number of piperazine rings is 1. The number of hydrogen-bond acceptors (Lipinski definition) is 4. The summed E-state index contributed by atoms with van der Waals surface area (Å²) in [6.45, 7) is 5.76. The van der Waals surface area contributed by atoms with Crippen LogP contribution in [0, 0.1) is 6.92 Å². The lowest BCUT2D eigenvalue weighted by molar-refractivity contribution is 0.102. The fraction of sp³-hybridized carbons (Fsp3) is 0.500. The van der Waals surface area contributed by atoms with Crippen molar-refractivity contribution in [3.8, 4) is 0 Å². The molecule has 0 N–H and O–H groups in total. The Morgan fingerprint density at radius 3 is 2.90 bits per heavy atom. The number of aromatic nitrogens is 2. The van der Waals surface area contributed by atoms with E-state index in [1.165, 1.54) is 0 Å². The molecule has 0 radical (unpaired) electrons. The summed E-state index contributed by atoms with van der Waals surface area (Å²) in [6.07, 6.45) is 1.69. The minimum absolute atomic E-state index is 0.0692. The van der Waals surface area contributed by atoms with E-state index in [0.29, 0.717) is 12.6 Å². The van der Waals surface area contributed by atoms with Crippen LogP contribution < -0.4 is 5.56 Å². The van der Waals surface area contributed by atoms with Crippen LogP contribution in [0.25, 0.3) is 10.9 Å². The number of rotatable bonds is 2. The van der Waals surface area contributed by atoms with Gasteiger partial charge in [0.15, 0.2) is 0 Å². The van der Waals surface area contributed by atoms with Gasteiger partial charge in [0.1, 0.15) is 0 Å². The van der Waals surface area contributed by atoms with E-state index in [4.69, 9.17) is 0 Å². The van der Waals surface area contributed by atoms with Gasteiger partial charge in [0.05, 0.1) is 17.2 Å². The number of likely N-dealkylation sites (N-methyl/N-ethyl adjacent to an activating group) is 2. The van der Waals surface area contributed by atoms with E-state index in [1.54, 1.807) is 10.9 Å². The Bertz CT molecular complexity index is 709. The summed E-state index contributed by atoms with van der Waals surface area (Å²) >= 11 is 0. The third-order valence-corrected chi connectivity index (χ3v) is 4.45. The molecule has 5 heteroatoms. The van der Waals surface area contributed by atoms with Gasteiger partial charge in [0.2, 0.25) is 0 Å². The number of benzene rings is 1. The average molecular weight is 286 g/mol. The van der Waals surface area contributed by atoms with Crippen molar-refractivity contribution in [1.29, 1.82) is 0 Å². The highest BCUT2D eigenvalue weighted by atomic mass is 16.1. The molecule has 0 bridgehead atoms. The Balaban J connectivity index is 1.96. The van der Waals surface area contributed by atoms with E-state index >= 15 is 0 Å². The standard InChI is InChI=1S/C16H22N4O/c1-12-5-4-6-14-15(12)16(21)20(11-17-14)10-13-9-18(2)7-8-19(13)3/h4-6,11,13H,7-10H2,1-3H3/t13-/m0/s1. The molecule has 0 aliphatic carbocycles. The van der Waals surface area contributed by atoms with Crippen LogP contribution in [0.4, 0.5) is 0 Å². The van der Waals surface area contributed by atoms with Gasteiger partial charge in [-0.25, -0.2) is 4.98 Å². The molecule has 0 spiro atoms. The lowest BCUT2D eigenvalue weighted by atomic mass is 10.1. The zero-order valence-corrected chi connectivity index (χ0v) is 12.9. The minimum Gasteiger partial charge on any atom is -0.303 e. The molecule has 0 unspecified atom stereocenters. The number of hydrogen-bond donors (Lipinski definition) is 0. The van der Waals surface area contributed by atoms with Crippen LogP contribution in [0.2, 0.25) is 0 Å². The monoisotopic (exact) mass is 286 g/mol. The molecule has 1 aromatic carbocycles. The molecule has 2 heterocycles. The van der Waals surface area contributed by atoms with Crippen LogP contribution >= 0.6 is 0 Å². The average Bonchev–Trinajstić information content (AvgIpc) is 2.46. The summed E-state index contributed by atoms with van der Waals surface area (Å²) in [7, 11) is 4.26. The molecule has 5 nitrogen and oxygen atoms in total. The first-order chi connectivity index (χ1) is 10.1. The van der Waals surface area contributed by atoms with E-state index in [-0.39, 0.29) is 5.56 Å². The van der Waals surface area contributed by atoms with Crippen molar-refractivity contribution < 1.29 is 0 Å². The molecule has 0 saturated carbocycles. The molecule has 2 aromatic rings. The predicted molar refractivity (Wildman–Crippen MR) is 84.7 cm³/mol. The predicted octanol–water partition coefficient (Wildman–Crippen LogP) is 0.951. The summed E-state index contributed by atoms with van der Waals surface area (Å²) in [5.74, 6) is 0. The lowest BCUT2D eigenvalue weighted by Crippen LogP contribution is -2.52. The van der Waals surface area contributed by atoms with Crippen LogP contribution in [0.3, 0.4) is 0 Å². The molecule has 21 heavy (non-hydrogen) atoms. The molecule has 1 aliphatic rings. The highest BCUT2D eigenvalue weighted by Gasteiger charge is 2.23. The highest BCUT2D eigenvalue weighted by Crippen LogP contribution is 2.12. The molecule has 0 amide bonds. The van der Waals surface area contributed by atoms with Crippen LogP contribution in [-0.4, -0.2) is 59.1 Å². The van der Waals surface area contributed by atoms with Crippen molar-refractivity contribution in [3.63, 3.8) is 0 Å². The van der Waals surface area contributed by atoms with Gasteiger partial charge < -0.3 is 4.90 Å². The van der Waals surface area contributed by atoms with E-state index in [9.17, 15) is 4.79 Å². The quantitative estimate of drug-likeness (QED) is 0.824. The van der Waals surface area contributed by atoms with Crippen molar-refractivity contribution >= 4 is 10.9 Å². The molecule has 1 fully saturated rings. The molecule has 112 valence electrons. The van der Waals surface area contributed by atoms with Crippen molar-refractivity contribution in [3.05, 3.63) is 40.4 Å². The van der Waals surface area contributed by atoms with Gasteiger partial charge in [0.25, 0.3) is 5.56 Å². The maximum Gasteiger partial charge on any atom is 0.261 e. The zero-order chi connectivity index (χ0) is 15.0. The molecule has 1 saturated heterocycles. The first-order valence-corrected chi connectivity index (χ1v) is 7.40. The summed E-state index contributed by atoms with van der Waals surface area (Å²) in [4.78, 5) is 21.8. The SMILES string of the molecule is Cc1cccc2ncn(C[C@@H]3CN(C)CCN3C)c(=O)c12. The van der Waals surface area contributed by atoms with Crippen LogP contribution in [0.5, 0.6) is 0 Å².